The normalized spacial score (nSPS) is 18.2. The van der Waals surface area contributed by atoms with Crippen LogP contribution in [0.2, 0.25) is 0 Å². The van der Waals surface area contributed by atoms with Gasteiger partial charge in [0, 0.05) is 0 Å². The molecular formula is C20H29O4. The van der Waals surface area contributed by atoms with Gasteiger partial charge in [-0.15, -0.1) is 0 Å². The highest BCUT2D eigenvalue weighted by Gasteiger charge is 2.16. The molecule has 1 radical (unpaired) electrons. The summed E-state index contributed by atoms with van der Waals surface area (Å²) >= 11 is 0. The van der Waals surface area contributed by atoms with Crippen LogP contribution in [0, 0.1) is 6.10 Å². The molecule has 0 spiro atoms. The average Bonchev–Trinajstić information content (AvgIpc) is 2.61. The average molecular weight is 333 g/mol. The molecule has 1 aromatic carbocycles. The molecule has 0 amide bonds. The fourth-order valence-electron chi connectivity index (χ4n) is 2.99. The lowest BCUT2D eigenvalue weighted by atomic mass is 9.99. The number of carbonyl (C=O) groups excluding carboxylic acids is 1. The molecule has 0 heterocycles. The Hall–Kier alpha value is -1.55. The molecule has 0 N–H and O–H groups in total. The maximum Gasteiger partial charge on any atom is 0.373 e. The molecule has 1 aliphatic carbocycles. The van der Waals surface area contributed by atoms with Crippen molar-refractivity contribution >= 4 is 5.97 Å². The second kappa shape index (κ2) is 11.1. The topological polar surface area (TPSA) is 44.8 Å². The minimum atomic E-state index is -0.479. The molecule has 1 saturated carbocycles. The molecule has 4 nitrogen and oxygen atoms in total. The van der Waals surface area contributed by atoms with E-state index in [1.165, 1.54) is 44.9 Å². The zero-order valence-corrected chi connectivity index (χ0v) is 14.7. The van der Waals surface area contributed by atoms with Crippen LogP contribution in [0.25, 0.3) is 0 Å². The maximum atomic E-state index is 12.1. The minimum absolute atomic E-state index is 0.433. The van der Waals surface area contributed by atoms with Crippen LogP contribution in [0.15, 0.2) is 24.3 Å². The van der Waals surface area contributed by atoms with Crippen molar-refractivity contribution in [2.75, 3.05) is 7.11 Å². The van der Waals surface area contributed by atoms with Crippen LogP contribution in [0.5, 0.6) is 5.75 Å². The van der Waals surface area contributed by atoms with Crippen LogP contribution in [0.1, 0.15) is 81.0 Å². The highest BCUT2D eigenvalue weighted by atomic mass is 17.2. The summed E-state index contributed by atoms with van der Waals surface area (Å²) in [5, 5.41) is 0. The highest BCUT2D eigenvalue weighted by molar-refractivity contribution is 5.89. The van der Waals surface area contributed by atoms with Crippen LogP contribution in [0.4, 0.5) is 0 Å². The Morgan fingerprint density at radius 3 is 2.04 bits per heavy atom. The van der Waals surface area contributed by atoms with Crippen molar-refractivity contribution < 1.29 is 19.3 Å². The van der Waals surface area contributed by atoms with Crippen molar-refractivity contribution in [2.45, 2.75) is 70.6 Å². The van der Waals surface area contributed by atoms with E-state index in [1.54, 1.807) is 31.4 Å². The van der Waals surface area contributed by atoms with Gasteiger partial charge in [0.15, 0.2) is 0 Å². The van der Waals surface area contributed by atoms with Crippen molar-refractivity contribution in [1.82, 2.24) is 0 Å². The molecule has 1 fully saturated rings. The molecule has 1 aromatic rings. The molecule has 2 rings (SSSR count). The molecule has 0 aliphatic heterocycles. The number of hydrogen-bond acceptors (Lipinski definition) is 4. The summed E-state index contributed by atoms with van der Waals surface area (Å²) < 4.78 is 5.12. The van der Waals surface area contributed by atoms with E-state index >= 15 is 0 Å². The quantitative estimate of drug-likeness (QED) is 0.530. The van der Waals surface area contributed by atoms with E-state index in [1.807, 2.05) is 0 Å². The molecule has 0 unspecified atom stereocenters. The van der Waals surface area contributed by atoms with Crippen molar-refractivity contribution in [1.29, 1.82) is 0 Å². The van der Waals surface area contributed by atoms with E-state index in [9.17, 15) is 4.79 Å². The second-order valence-electron chi connectivity index (χ2n) is 6.41. The summed E-state index contributed by atoms with van der Waals surface area (Å²) in [7, 11) is 1.57. The molecule has 133 valence electrons. The van der Waals surface area contributed by atoms with E-state index in [4.69, 9.17) is 14.5 Å². The Morgan fingerprint density at radius 2 is 1.46 bits per heavy atom. The van der Waals surface area contributed by atoms with Crippen LogP contribution < -0.4 is 4.74 Å². The molecular weight excluding hydrogens is 304 g/mol. The Kier molecular flexibility index (Phi) is 8.67. The first kappa shape index (κ1) is 18.8. The number of methoxy groups -OCH3 is 1. The Morgan fingerprint density at radius 1 is 0.875 bits per heavy atom. The Bertz CT molecular complexity index is 474. The van der Waals surface area contributed by atoms with Gasteiger partial charge < -0.3 is 4.74 Å². The third kappa shape index (κ3) is 6.91. The lowest BCUT2D eigenvalue weighted by Gasteiger charge is -2.16. The zero-order valence-electron chi connectivity index (χ0n) is 14.7. The largest absolute Gasteiger partial charge is 0.497 e. The van der Waals surface area contributed by atoms with Crippen molar-refractivity contribution in [3.05, 3.63) is 35.9 Å². The summed E-state index contributed by atoms with van der Waals surface area (Å²) in [5.41, 5.74) is 0.433. The Balaban J connectivity index is 1.81. The molecule has 0 saturated heterocycles. The van der Waals surface area contributed by atoms with E-state index in [2.05, 4.69) is 0 Å². The second-order valence-corrected chi connectivity index (χ2v) is 6.41. The maximum absolute atomic E-state index is 12.1. The third-order valence-electron chi connectivity index (χ3n) is 4.45. The van der Waals surface area contributed by atoms with Gasteiger partial charge in [-0.3, -0.25) is 4.89 Å². The van der Waals surface area contributed by atoms with Crippen molar-refractivity contribution in [3.63, 3.8) is 0 Å². The predicted molar refractivity (Wildman–Crippen MR) is 93.5 cm³/mol. The molecule has 4 heteroatoms. The molecule has 1 aliphatic rings. The summed E-state index contributed by atoms with van der Waals surface area (Å²) in [6.45, 7) is 0. The first-order valence-corrected chi connectivity index (χ1v) is 9.17. The lowest BCUT2D eigenvalue weighted by Crippen LogP contribution is -2.11. The highest BCUT2D eigenvalue weighted by Crippen LogP contribution is 2.24. The summed E-state index contributed by atoms with van der Waals surface area (Å²) in [6, 6.07) is 6.90. The van der Waals surface area contributed by atoms with Gasteiger partial charge in [0.1, 0.15) is 11.9 Å². The summed E-state index contributed by atoms with van der Waals surface area (Å²) in [6.07, 6.45) is 13.9. The van der Waals surface area contributed by atoms with Gasteiger partial charge in [0.2, 0.25) is 0 Å². The van der Waals surface area contributed by atoms with Gasteiger partial charge in [-0.25, -0.2) is 4.79 Å². The third-order valence-corrected chi connectivity index (χ3v) is 4.45. The summed E-state index contributed by atoms with van der Waals surface area (Å²) in [5.74, 6) is 0.149. The fraction of sp³-hybridized carbons (Fsp3) is 0.600. The van der Waals surface area contributed by atoms with Crippen LogP contribution >= 0.6 is 0 Å². The zero-order chi connectivity index (χ0) is 17.0. The Labute approximate surface area is 145 Å². The lowest BCUT2D eigenvalue weighted by molar-refractivity contribution is -0.237. The minimum Gasteiger partial charge on any atom is -0.497 e. The van der Waals surface area contributed by atoms with Gasteiger partial charge in [-0.1, -0.05) is 63.9 Å². The monoisotopic (exact) mass is 333 g/mol. The van der Waals surface area contributed by atoms with E-state index in [0.29, 0.717) is 11.3 Å². The fourth-order valence-corrected chi connectivity index (χ4v) is 2.99. The number of hydrogen-bond donors (Lipinski definition) is 0. The van der Waals surface area contributed by atoms with E-state index in [0.717, 1.165) is 31.8 Å². The van der Waals surface area contributed by atoms with Crippen LogP contribution in [-0.4, -0.2) is 13.1 Å². The first-order chi connectivity index (χ1) is 11.8. The van der Waals surface area contributed by atoms with Gasteiger partial charge >= 0.3 is 5.97 Å². The predicted octanol–water partition coefficient (Wildman–Crippen LogP) is 5.62. The number of ether oxygens (including phenoxy) is 1. The van der Waals surface area contributed by atoms with E-state index < -0.39 is 5.97 Å². The van der Waals surface area contributed by atoms with Crippen LogP contribution in [-0.2, 0) is 9.78 Å². The number of rotatable bonds is 4. The molecule has 24 heavy (non-hydrogen) atoms. The SMILES string of the molecule is COc1cccc(C(=O)OO[C]2CCCCCCCCCCC2)c1. The molecule has 0 aromatic heterocycles. The van der Waals surface area contributed by atoms with Gasteiger partial charge in [-0.2, -0.15) is 4.89 Å². The number of benzene rings is 1. The van der Waals surface area contributed by atoms with Gasteiger partial charge in [0.25, 0.3) is 0 Å². The first-order valence-electron chi connectivity index (χ1n) is 9.17. The van der Waals surface area contributed by atoms with Gasteiger partial charge in [-0.05, 0) is 31.0 Å². The summed E-state index contributed by atoms with van der Waals surface area (Å²) in [4.78, 5) is 22.6. The van der Waals surface area contributed by atoms with Crippen LogP contribution in [0.3, 0.4) is 0 Å². The molecule has 0 bridgehead atoms. The van der Waals surface area contributed by atoms with E-state index in [-0.39, 0.29) is 0 Å². The number of carbonyl (C=O) groups is 1. The smallest absolute Gasteiger partial charge is 0.373 e. The van der Waals surface area contributed by atoms with Gasteiger partial charge in [0.05, 0.1) is 12.7 Å². The van der Waals surface area contributed by atoms with Crippen molar-refractivity contribution in [3.8, 4) is 5.75 Å². The standard InChI is InChI=1S/C20H29O4/c1-22-19-15-11-12-17(16-19)20(21)24-23-18-13-9-7-5-3-2-4-6-8-10-14-18/h11-12,15-16H,2-10,13-14H2,1H3. The molecule has 0 atom stereocenters. The van der Waals surface area contributed by atoms with Crippen molar-refractivity contribution in [2.24, 2.45) is 0 Å².